The molecule has 2 unspecified atom stereocenters. The number of aryl methyl sites for hydroxylation is 1. The van der Waals surface area contributed by atoms with Gasteiger partial charge in [-0.25, -0.2) is 4.98 Å². The number of benzene rings is 1. The van der Waals surface area contributed by atoms with Gasteiger partial charge in [0.05, 0.1) is 5.92 Å². The molecule has 0 spiro atoms. The number of carbonyl (C=O) groups excluding carboxylic acids is 1. The fraction of sp³-hybridized carbons (Fsp3) is 0.333. The van der Waals surface area contributed by atoms with Gasteiger partial charge in [0, 0.05) is 18.7 Å². The molecule has 0 bridgehead atoms. The molecule has 1 amide bonds. The van der Waals surface area contributed by atoms with Crippen molar-refractivity contribution in [2.45, 2.75) is 19.4 Å². The second kappa shape index (κ2) is 3.56. The van der Waals surface area contributed by atoms with Crippen LogP contribution in [0.1, 0.15) is 12.3 Å². The molecule has 5 heteroatoms. The molecule has 1 aliphatic carbocycles. The van der Waals surface area contributed by atoms with Crippen molar-refractivity contribution in [2.75, 3.05) is 5.32 Å². The van der Waals surface area contributed by atoms with E-state index in [4.69, 9.17) is 10.2 Å². The number of hydrogen-bond donors (Lipinski definition) is 2. The zero-order valence-corrected chi connectivity index (χ0v) is 9.43. The third-order valence-corrected chi connectivity index (χ3v) is 2.94. The van der Waals surface area contributed by atoms with Gasteiger partial charge in [0.25, 0.3) is 0 Å². The predicted molar refractivity (Wildman–Crippen MR) is 63.5 cm³/mol. The first-order valence-electron chi connectivity index (χ1n) is 5.57. The van der Waals surface area contributed by atoms with Crippen LogP contribution in [0.15, 0.2) is 22.6 Å². The Morgan fingerprint density at radius 1 is 1.59 bits per heavy atom. The third-order valence-electron chi connectivity index (χ3n) is 2.94. The molecule has 0 saturated heterocycles. The molecule has 2 aromatic rings. The molecule has 1 aromatic carbocycles. The number of fused-ring (bicyclic) bond motifs is 1. The first-order chi connectivity index (χ1) is 8.13. The van der Waals surface area contributed by atoms with E-state index in [-0.39, 0.29) is 17.9 Å². The van der Waals surface area contributed by atoms with E-state index in [2.05, 4.69) is 10.3 Å². The molecule has 5 nitrogen and oxygen atoms in total. The molecule has 17 heavy (non-hydrogen) atoms. The molecule has 1 fully saturated rings. The van der Waals surface area contributed by atoms with Gasteiger partial charge >= 0.3 is 0 Å². The summed E-state index contributed by atoms with van der Waals surface area (Å²) in [6, 6.07) is 5.43. The summed E-state index contributed by atoms with van der Waals surface area (Å²) in [6.07, 6.45) is 0.775. The number of rotatable bonds is 2. The average Bonchev–Trinajstić information content (AvgIpc) is 2.87. The van der Waals surface area contributed by atoms with Crippen LogP contribution in [0.4, 0.5) is 5.69 Å². The van der Waals surface area contributed by atoms with Gasteiger partial charge in [0.1, 0.15) is 5.52 Å². The number of hydrogen-bond acceptors (Lipinski definition) is 4. The Morgan fingerprint density at radius 3 is 3.06 bits per heavy atom. The number of nitrogens with one attached hydrogen (secondary N) is 1. The predicted octanol–water partition coefficient (Wildman–Crippen LogP) is 1.42. The quantitative estimate of drug-likeness (QED) is 0.819. The van der Waals surface area contributed by atoms with Gasteiger partial charge in [-0.15, -0.1) is 0 Å². The molecular weight excluding hydrogens is 218 g/mol. The van der Waals surface area contributed by atoms with Crippen LogP contribution in [-0.2, 0) is 4.79 Å². The van der Waals surface area contributed by atoms with Crippen LogP contribution in [0.2, 0.25) is 0 Å². The van der Waals surface area contributed by atoms with Crippen LogP contribution < -0.4 is 11.1 Å². The lowest BCUT2D eigenvalue weighted by atomic mass is 10.2. The molecule has 1 aliphatic rings. The van der Waals surface area contributed by atoms with E-state index in [1.807, 2.05) is 0 Å². The number of amides is 1. The van der Waals surface area contributed by atoms with Gasteiger partial charge in [0.2, 0.25) is 5.91 Å². The molecular formula is C12H13N3O2. The topological polar surface area (TPSA) is 81.2 Å². The van der Waals surface area contributed by atoms with Crippen molar-refractivity contribution >= 4 is 22.7 Å². The van der Waals surface area contributed by atoms with Gasteiger partial charge in [-0.2, -0.15) is 0 Å². The van der Waals surface area contributed by atoms with Crippen molar-refractivity contribution in [3.63, 3.8) is 0 Å². The van der Waals surface area contributed by atoms with E-state index >= 15 is 0 Å². The number of nitrogens with two attached hydrogens (primary N) is 1. The lowest BCUT2D eigenvalue weighted by Crippen LogP contribution is -2.18. The minimum Gasteiger partial charge on any atom is -0.441 e. The molecule has 0 aliphatic heterocycles. The van der Waals surface area contributed by atoms with Crippen molar-refractivity contribution in [3.05, 3.63) is 24.1 Å². The molecule has 1 saturated carbocycles. The van der Waals surface area contributed by atoms with Gasteiger partial charge in [-0.3, -0.25) is 4.79 Å². The maximum atomic E-state index is 11.7. The highest BCUT2D eigenvalue weighted by Gasteiger charge is 2.39. The monoisotopic (exact) mass is 231 g/mol. The van der Waals surface area contributed by atoms with Crippen molar-refractivity contribution in [1.29, 1.82) is 0 Å². The van der Waals surface area contributed by atoms with E-state index in [0.29, 0.717) is 5.89 Å². The fourth-order valence-corrected chi connectivity index (χ4v) is 1.87. The molecule has 2 atom stereocenters. The number of nitrogens with zero attached hydrogens (tertiary/aromatic N) is 1. The van der Waals surface area contributed by atoms with E-state index in [9.17, 15) is 4.79 Å². The van der Waals surface area contributed by atoms with E-state index in [0.717, 1.165) is 23.2 Å². The van der Waals surface area contributed by atoms with E-state index in [1.165, 1.54) is 0 Å². The number of aromatic nitrogens is 1. The van der Waals surface area contributed by atoms with Gasteiger partial charge in [-0.1, -0.05) is 0 Å². The summed E-state index contributed by atoms with van der Waals surface area (Å²) in [5.74, 6) is 0.564. The summed E-state index contributed by atoms with van der Waals surface area (Å²) in [6.45, 7) is 1.79. The summed E-state index contributed by atoms with van der Waals surface area (Å²) in [7, 11) is 0. The van der Waals surface area contributed by atoms with Crippen LogP contribution in [0, 0.1) is 12.8 Å². The van der Waals surface area contributed by atoms with Crippen molar-refractivity contribution in [1.82, 2.24) is 4.98 Å². The minimum absolute atomic E-state index is 0.0166. The SMILES string of the molecule is Cc1nc2cc(NC(=O)C3CC3N)ccc2o1. The zero-order valence-electron chi connectivity index (χ0n) is 9.43. The van der Waals surface area contributed by atoms with Crippen LogP contribution in [-0.4, -0.2) is 16.9 Å². The maximum Gasteiger partial charge on any atom is 0.229 e. The van der Waals surface area contributed by atoms with E-state index in [1.54, 1.807) is 25.1 Å². The first-order valence-corrected chi connectivity index (χ1v) is 5.57. The zero-order chi connectivity index (χ0) is 12.0. The van der Waals surface area contributed by atoms with Crippen molar-refractivity contribution in [2.24, 2.45) is 11.7 Å². The Bertz CT molecular complexity index is 590. The fourth-order valence-electron chi connectivity index (χ4n) is 1.87. The normalized spacial score (nSPS) is 22.7. The second-order valence-corrected chi connectivity index (χ2v) is 4.41. The molecule has 1 heterocycles. The highest BCUT2D eigenvalue weighted by molar-refractivity contribution is 5.96. The Balaban J connectivity index is 1.83. The smallest absolute Gasteiger partial charge is 0.229 e. The van der Waals surface area contributed by atoms with Crippen LogP contribution in [0.25, 0.3) is 11.1 Å². The minimum atomic E-state index is -0.0373. The van der Waals surface area contributed by atoms with Gasteiger partial charge in [0.15, 0.2) is 11.5 Å². The van der Waals surface area contributed by atoms with Crippen molar-refractivity contribution in [3.8, 4) is 0 Å². The lowest BCUT2D eigenvalue weighted by molar-refractivity contribution is -0.117. The number of carbonyl (C=O) groups is 1. The first kappa shape index (κ1) is 10.3. The summed E-state index contributed by atoms with van der Waals surface area (Å²) in [5, 5.41) is 2.84. The van der Waals surface area contributed by atoms with Crippen molar-refractivity contribution < 1.29 is 9.21 Å². The van der Waals surface area contributed by atoms with E-state index < -0.39 is 0 Å². The maximum absolute atomic E-state index is 11.7. The Morgan fingerprint density at radius 2 is 2.35 bits per heavy atom. The number of oxazole rings is 1. The highest BCUT2D eigenvalue weighted by atomic mass is 16.3. The molecule has 0 radical (unpaired) electrons. The molecule has 3 rings (SSSR count). The largest absolute Gasteiger partial charge is 0.441 e. The molecule has 3 N–H and O–H groups in total. The van der Waals surface area contributed by atoms with Crippen LogP contribution in [0.3, 0.4) is 0 Å². The standard InChI is InChI=1S/C12H13N3O2/c1-6-14-10-4-7(2-3-11(10)17-6)15-12(16)8-5-9(8)13/h2-4,8-9H,5,13H2,1H3,(H,15,16). The van der Waals surface area contributed by atoms with Crippen LogP contribution in [0.5, 0.6) is 0 Å². The molecule has 88 valence electrons. The molecule has 1 aromatic heterocycles. The summed E-state index contributed by atoms with van der Waals surface area (Å²) in [5.41, 5.74) is 7.83. The summed E-state index contributed by atoms with van der Waals surface area (Å²) >= 11 is 0. The Labute approximate surface area is 98.0 Å². The second-order valence-electron chi connectivity index (χ2n) is 4.41. The van der Waals surface area contributed by atoms with Crippen LogP contribution >= 0.6 is 0 Å². The summed E-state index contributed by atoms with van der Waals surface area (Å²) in [4.78, 5) is 15.9. The average molecular weight is 231 g/mol. The van der Waals surface area contributed by atoms with Gasteiger partial charge in [-0.05, 0) is 24.6 Å². The summed E-state index contributed by atoms with van der Waals surface area (Å²) < 4.78 is 5.36. The van der Waals surface area contributed by atoms with Gasteiger partial charge < -0.3 is 15.5 Å². The third kappa shape index (κ3) is 1.89. The number of anilines is 1. The highest BCUT2D eigenvalue weighted by Crippen LogP contribution is 2.29. The Kier molecular flexibility index (Phi) is 2.16. The Hall–Kier alpha value is -1.88. The lowest BCUT2D eigenvalue weighted by Gasteiger charge is -2.03.